The van der Waals surface area contributed by atoms with E-state index in [-0.39, 0.29) is 17.4 Å². The van der Waals surface area contributed by atoms with E-state index in [2.05, 4.69) is 40.1 Å². The molecule has 6 aliphatic rings. The Bertz CT molecular complexity index is 848. The summed E-state index contributed by atoms with van der Waals surface area (Å²) in [5, 5.41) is 0. The summed E-state index contributed by atoms with van der Waals surface area (Å²) in [5.74, 6) is 1.35. The topological polar surface area (TPSA) is 32.8 Å². The van der Waals surface area contributed by atoms with Crippen molar-refractivity contribution in [3.8, 4) is 0 Å². The lowest BCUT2D eigenvalue weighted by molar-refractivity contribution is -0.132. The van der Waals surface area contributed by atoms with E-state index in [9.17, 15) is 4.79 Å². The summed E-state index contributed by atoms with van der Waals surface area (Å²) in [7, 11) is 0. The Labute approximate surface area is 147 Å². The second kappa shape index (κ2) is 4.18. The highest BCUT2D eigenvalue weighted by Crippen LogP contribution is 2.65. The number of para-hydroxylation sites is 1. The molecule has 4 fully saturated rings. The zero-order chi connectivity index (χ0) is 16.3. The Kier molecular flexibility index (Phi) is 2.27. The third-order valence-electron chi connectivity index (χ3n) is 8.22. The molecule has 4 nitrogen and oxygen atoms in total. The maximum atomic E-state index is 13.2. The van der Waals surface area contributed by atoms with Crippen molar-refractivity contribution in [1.29, 1.82) is 0 Å². The van der Waals surface area contributed by atoms with Crippen molar-refractivity contribution >= 4 is 11.6 Å². The van der Waals surface area contributed by atoms with Crippen LogP contribution in [-0.2, 0) is 14.9 Å². The largest absolute Gasteiger partial charge is 0.373 e. The molecular weight excluding hydrogens is 312 g/mol. The van der Waals surface area contributed by atoms with E-state index in [1.54, 1.807) is 5.57 Å². The number of hydrogen-bond acceptors (Lipinski definition) is 3. The zero-order valence-electron chi connectivity index (χ0n) is 14.2. The van der Waals surface area contributed by atoms with Crippen LogP contribution in [0.1, 0.15) is 24.8 Å². The number of ether oxygens (including phenoxy) is 1. The van der Waals surface area contributed by atoms with E-state index < -0.39 is 0 Å². The highest BCUT2D eigenvalue weighted by atomic mass is 16.5. The maximum Gasteiger partial charge on any atom is 0.229 e. The maximum absolute atomic E-state index is 13.2. The zero-order valence-corrected chi connectivity index (χ0v) is 14.2. The SMILES string of the molecule is O=C1CC2OCC=C3CN4CC[C@]56c7ccccc7N1C5C2[C@H]3C[C@H]46. The van der Waals surface area contributed by atoms with E-state index in [1.807, 2.05) is 0 Å². The fourth-order valence-corrected chi connectivity index (χ4v) is 7.51. The standard InChI is InChI=1S/C21H22N2O2/c24-18-10-16-19-13-9-17-21(6-7-22(17)11-12(13)5-8-25-16)14-3-1-2-4-15(14)23(18)20(19)21/h1-5,13,16-17,19-20H,6-11H2/t13-,16?,17-,19?,20?,21+/m0/s1. The summed E-state index contributed by atoms with van der Waals surface area (Å²) < 4.78 is 6.25. The molecule has 1 aromatic carbocycles. The summed E-state index contributed by atoms with van der Waals surface area (Å²) in [6, 6.07) is 9.64. The van der Waals surface area contributed by atoms with Gasteiger partial charge in [0.1, 0.15) is 0 Å². The first-order valence-electron chi connectivity index (χ1n) is 9.75. The van der Waals surface area contributed by atoms with Gasteiger partial charge in [0.15, 0.2) is 0 Å². The Balaban J connectivity index is 1.55. The molecule has 5 heterocycles. The van der Waals surface area contributed by atoms with Crippen LogP contribution in [0, 0.1) is 11.8 Å². The summed E-state index contributed by atoms with van der Waals surface area (Å²) in [5.41, 5.74) is 4.35. The number of amides is 1. The molecule has 1 aromatic rings. The van der Waals surface area contributed by atoms with Crippen LogP contribution in [0.2, 0.25) is 0 Å². The molecule has 7 rings (SSSR count). The van der Waals surface area contributed by atoms with Gasteiger partial charge in [0, 0.05) is 29.6 Å². The molecule has 0 aromatic heterocycles. The lowest BCUT2D eigenvalue weighted by Gasteiger charge is -2.58. The normalized spacial score (nSPS) is 45.9. The summed E-state index contributed by atoms with van der Waals surface area (Å²) in [6.45, 7) is 2.97. The number of hydrogen-bond donors (Lipinski definition) is 0. The third-order valence-corrected chi connectivity index (χ3v) is 8.22. The van der Waals surface area contributed by atoms with Crippen molar-refractivity contribution < 1.29 is 9.53 Å². The highest BCUT2D eigenvalue weighted by Gasteiger charge is 2.70. The number of carbonyl (C=O) groups is 1. The van der Waals surface area contributed by atoms with Crippen LogP contribution < -0.4 is 4.90 Å². The van der Waals surface area contributed by atoms with Gasteiger partial charge in [0.2, 0.25) is 5.91 Å². The first kappa shape index (κ1) is 13.5. The van der Waals surface area contributed by atoms with Crippen LogP contribution >= 0.6 is 0 Å². The minimum atomic E-state index is 0.104. The third kappa shape index (κ3) is 1.33. The van der Waals surface area contributed by atoms with Gasteiger partial charge >= 0.3 is 0 Å². The van der Waals surface area contributed by atoms with Crippen LogP contribution in [-0.4, -0.2) is 48.7 Å². The van der Waals surface area contributed by atoms with E-state index in [1.165, 1.54) is 30.6 Å². The average Bonchev–Trinajstić information content (AvgIpc) is 3.10. The van der Waals surface area contributed by atoms with Gasteiger partial charge in [-0.05, 0) is 36.9 Å². The predicted octanol–water partition coefficient (Wildman–Crippen LogP) is 2.09. The minimum Gasteiger partial charge on any atom is -0.373 e. The smallest absolute Gasteiger partial charge is 0.229 e. The second-order valence-electron chi connectivity index (χ2n) is 8.78. The summed E-state index contributed by atoms with van der Waals surface area (Å²) >= 11 is 0. The van der Waals surface area contributed by atoms with Crippen LogP contribution in [0.4, 0.5) is 5.69 Å². The van der Waals surface area contributed by atoms with E-state index in [4.69, 9.17) is 4.74 Å². The molecule has 4 heteroatoms. The van der Waals surface area contributed by atoms with Gasteiger partial charge in [-0.3, -0.25) is 9.69 Å². The first-order valence-corrected chi connectivity index (χ1v) is 9.75. The average molecular weight is 334 g/mol. The number of fused-ring (bicyclic) bond motifs is 2. The minimum absolute atomic E-state index is 0.104. The molecule has 25 heavy (non-hydrogen) atoms. The second-order valence-corrected chi connectivity index (χ2v) is 8.78. The van der Waals surface area contributed by atoms with Crippen LogP contribution in [0.5, 0.6) is 0 Å². The Morgan fingerprint density at radius 3 is 3.12 bits per heavy atom. The van der Waals surface area contributed by atoms with Crippen molar-refractivity contribution in [2.45, 2.75) is 42.9 Å². The number of anilines is 1. The Hall–Kier alpha value is -1.65. The summed E-state index contributed by atoms with van der Waals surface area (Å²) in [4.78, 5) is 18.1. The fraction of sp³-hybridized carbons (Fsp3) is 0.571. The Morgan fingerprint density at radius 1 is 1.24 bits per heavy atom. The monoisotopic (exact) mass is 334 g/mol. The molecule has 0 N–H and O–H groups in total. The lowest BCUT2D eigenvalue weighted by atomic mass is 9.53. The van der Waals surface area contributed by atoms with Gasteiger partial charge in [-0.1, -0.05) is 29.8 Å². The summed E-state index contributed by atoms with van der Waals surface area (Å²) in [6.07, 6.45) is 5.43. The number of carbonyl (C=O) groups excluding carboxylic acids is 1. The van der Waals surface area contributed by atoms with Gasteiger partial charge in [-0.2, -0.15) is 0 Å². The molecule has 1 saturated carbocycles. The van der Waals surface area contributed by atoms with Crippen molar-refractivity contribution in [3.63, 3.8) is 0 Å². The van der Waals surface area contributed by atoms with E-state index >= 15 is 0 Å². The molecule has 128 valence electrons. The molecule has 0 radical (unpaired) electrons. The van der Waals surface area contributed by atoms with Crippen molar-refractivity contribution in [1.82, 2.24) is 4.90 Å². The van der Waals surface area contributed by atoms with Gasteiger partial charge in [0.05, 0.1) is 25.2 Å². The molecule has 2 bridgehead atoms. The van der Waals surface area contributed by atoms with Crippen LogP contribution in [0.15, 0.2) is 35.9 Å². The number of piperidine rings is 2. The predicted molar refractivity (Wildman–Crippen MR) is 93.4 cm³/mol. The quantitative estimate of drug-likeness (QED) is 0.681. The molecule has 1 amide bonds. The van der Waals surface area contributed by atoms with Gasteiger partial charge < -0.3 is 9.64 Å². The number of nitrogens with zero attached hydrogens (tertiary/aromatic N) is 2. The highest BCUT2D eigenvalue weighted by molar-refractivity contribution is 5.99. The molecule has 1 aliphatic carbocycles. The Morgan fingerprint density at radius 2 is 2.16 bits per heavy atom. The number of benzene rings is 1. The fourth-order valence-electron chi connectivity index (χ4n) is 7.51. The van der Waals surface area contributed by atoms with Crippen molar-refractivity contribution in [3.05, 3.63) is 41.5 Å². The molecule has 3 unspecified atom stereocenters. The van der Waals surface area contributed by atoms with Crippen molar-refractivity contribution in [2.24, 2.45) is 11.8 Å². The van der Waals surface area contributed by atoms with Crippen LogP contribution in [0.3, 0.4) is 0 Å². The molecule has 6 atom stereocenters. The first-order chi connectivity index (χ1) is 12.3. The molecule has 1 spiro atoms. The van der Waals surface area contributed by atoms with Crippen LogP contribution in [0.25, 0.3) is 0 Å². The van der Waals surface area contributed by atoms with Gasteiger partial charge in [-0.25, -0.2) is 0 Å². The van der Waals surface area contributed by atoms with Gasteiger partial charge in [0.25, 0.3) is 0 Å². The molecule has 3 saturated heterocycles. The lowest BCUT2D eigenvalue weighted by Crippen LogP contribution is -2.69. The van der Waals surface area contributed by atoms with E-state index in [0.717, 1.165) is 6.54 Å². The molecular formula is C21H22N2O2. The van der Waals surface area contributed by atoms with Gasteiger partial charge in [-0.15, -0.1) is 0 Å². The molecule has 5 aliphatic heterocycles. The number of rotatable bonds is 0. The van der Waals surface area contributed by atoms with Crippen molar-refractivity contribution in [2.75, 3.05) is 24.6 Å². The van der Waals surface area contributed by atoms with E-state index in [0.29, 0.717) is 36.9 Å².